The molecule has 2 unspecified atom stereocenters. The fourth-order valence-electron chi connectivity index (χ4n) is 2.65. The molecule has 0 amide bonds. The Kier molecular flexibility index (Phi) is 2.99. The molecule has 0 heterocycles. The van der Waals surface area contributed by atoms with Gasteiger partial charge in [-0.3, -0.25) is 4.79 Å². The van der Waals surface area contributed by atoms with Crippen LogP contribution in [-0.4, -0.2) is 11.1 Å². The van der Waals surface area contributed by atoms with Gasteiger partial charge in [-0.2, -0.15) is 0 Å². The minimum Gasteiger partial charge on any atom is -0.481 e. The quantitative estimate of drug-likeness (QED) is 0.716. The van der Waals surface area contributed by atoms with Gasteiger partial charge in [0.15, 0.2) is 0 Å². The first-order valence-electron chi connectivity index (χ1n) is 5.13. The first-order chi connectivity index (χ1) is 5.91. The lowest BCUT2D eigenvalue weighted by atomic mass is 9.74. The first-order valence-corrected chi connectivity index (χ1v) is 5.13. The summed E-state index contributed by atoms with van der Waals surface area (Å²) in [4.78, 5) is 10.6. The van der Waals surface area contributed by atoms with E-state index in [0.717, 1.165) is 6.42 Å². The van der Waals surface area contributed by atoms with E-state index in [4.69, 9.17) is 5.11 Å². The van der Waals surface area contributed by atoms with Crippen molar-refractivity contribution in [1.82, 2.24) is 0 Å². The van der Waals surface area contributed by atoms with E-state index in [1.54, 1.807) is 0 Å². The van der Waals surface area contributed by atoms with Crippen LogP contribution in [0, 0.1) is 17.3 Å². The molecule has 1 N–H and O–H groups in total. The zero-order chi connectivity index (χ0) is 10.1. The molecule has 2 heteroatoms. The summed E-state index contributed by atoms with van der Waals surface area (Å²) >= 11 is 0. The molecule has 0 bridgehead atoms. The van der Waals surface area contributed by atoms with Crippen molar-refractivity contribution in [3.8, 4) is 0 Å². The van der Waals surface area contributed by atoms with Crippen LogP contribution in [-0.2, 0) is 4.79 Å². The van der Waals surface area contributed by atoms with Crippen molar-refractivity contribution in [2.75, 3.05) is 0 Å². The summed E-state index contributed by atoms with van der Waals surface area (Å²) in [6.07, 6.45) is 3.89. The van der Waals surface area contributed by atoms with Gasteiger partial charge in [-0.25, -0.2) is 0 Å². The number of aliphatic carboxylic acids is 1. The van der Waals surface area contributed by atoms with Crippen LogP contribution in [0.1, 0.15) is 46.5 Å². The van der Waals surface area contributed by atoms with E-state index in [2.05, 4.69) is 20.8 Å². The minimum absolute atomic E-state index is 0.274. The Hall–Kier alpha value is -0.530. The summed E-state index contributed by atoms with van der Waals surface area (Å²) in [5.41, 5.74) is 0.274. The molecule has 1 rings (SSSR count). The SMILES string of the molecule is CC(C)(C)C1CCCC1CC(=O)O. The number of hydrogen-bond donors (Lipinski definition) is 1. The van der Waals surface area contributed by atoms with Crippen LogP contribution >= 0.6 is 0 Å². The highest BCUT2D eigenvalue weighted by atomic mass is 16.4. The topological polar surface area (TPSA) is 37.3 Å². The summed E-state index contributed by atoms with van der Waals surface area (Å²) in [7, 11) is 0. The van der Waals surface area contributed by atoms with Crippen molar-refractivity contribution in [3.05, 3.63) is 0 Å². The lowest BCUT2D eigenvalue weighted by Gasteiger charge is -2.31. The molecule has 2 nitrogen and oxygen atoms in total. The molecule has 1 saturated carbocycles. The fraction of sp³-hybridized carbons (Fsp3) is 0.909. The maximum absolute atomic E-state index is 10.6. The second-order valence-electron chi connectivity index (χ2n) is 5.26. The molecule has 1 aliphatic rings. The van der Waals surface area contributed by atoms with Crippen LogP contribution in [0.4, 0.5) is 0 Å². The van der Waals surface area contributed by atoms with E-state index in [0.29, 0.717) is 18.3 Å². The van der Waals surface area contributed by atoms with Crippen molar-refractivity contribution in [1.29, 1.82) is 0 Å². The van der Waals surface area contributed by atoms with Gasteiger partial charge in [0, 0.05) is 6.42 Å². The maximum Gasteiger partial charge on any atom is 0.303 e. The van der Waals surface area contributed by atoms with Crippen molar-refractivity contribution in [2.24, 2.45) is 17.3 Å². The molecule has 0 aliphatic heterocycles. The Labute approximate surface area is 80.3 Å². The number of hydrogen-bond acceptors (Lipinski definition) is 1. The van der Waals surface area contributed by atoms with Crippen LogP contribution in [0.15, 0.2) is 0 Å². The predicted molar refractivity (Wildman–Crippen MR) is 52.5 cm³/mol. The Bertz CT molecular complexity index is 191. The lowest BCUT2D eigenvalue weighted by Crippen LogP contribution is -2.25. The van der Waals surface area contributed by atoms with E-state index < -0.39 is 5.97 Å². The highest BCUT2D eigenvalue weighted by Gasteiger charge is 2.36. The summed E-state index contributed by atoms with van der Waals surface area (Å²) in [5, 5.41) is 8.76. The monoisotopic (exact) mass is 184 g/mol. The third kappa shape index (κ3) is 2.71. The molecule has 0 aromatic rings. The largest absolute Gasteiger partial charge is 0.481 e. The molecular weight excluding hydrogens is 164 g/mol. The zero-order valence-corrected chi connectivity index (χ0v) is 8.84. The second-order valence-corrected chi connectivity index (χ2v) is 5.26. The molecular formula is C11H20O2. The van der Waals surface area contributed by atoms with Crippen LogP contribution < -0.4 is 0 Å². The summed E-state index contributed by atoms with van der Waals surface area (Å²) < 4.78 is 0. The number of carbonyl (C=O) groups is 1. The van der Waals surface area contributed by atoms with E-state index in [-0.39, 0.29) is 5.41 Å². The molecule has 0 saturated heterocycles. The summed E-state index contributed by atoms with van der Waals surface area (Å²) in [6, 6.07) is 0. The van der Waals surface area contributed by atoms with Gasteiger partial charge in [-0.1, -0.05) is 27.2 Å². The van der Waals surface area contributed by atoms with Gasteiger partial charge >= 0.3 is 5.97 Å². The van der Waals surface area contributed by atoms with Gasteiger partial charge < -0.3 is 5.11 Å². The Morgan fingerprint density at radius 3 is 2.46 bits per heavy atom. The highest BCUT2D eigenvalue weighted by molar-refractivity contribution is 5.67. The average molecular weight is 184 g/mol. The van der Waals surface area contributed by atoms with Gasteiger partial charge in [-0.15, -0.1) is 0 Å². The van der Waals surface area contributed by atoms with Crippen LogP contribution in [0.5, 0.6) is 0 Å². The molecule has 0 radical (unpaired) electrons. The van der Waals surface area contributed by atoms with Crippen molar-refractivity contribution < 1.29 is 9.90 Å². The standard InChI is InChI=1S/C11H20O2/c1-11(2,3)9-6-4-5-8(9)7-10(12)13/h8-9H,4-7H2,1-3H3,(H,12,13). The third-order valence-corrected chi connectivity index (χ3v) is 3.21. The lowest BCUT2D eigenvalue weighted by molar-refractivity contribution is -0.138. The smallest absolute Gasteiger partial charge is 0.303 e. The minimum atomic E-state index is -0.638. The molecule has 1 fully saturated rings. The Balaban J connectivity index is 2.59. The second kappa shape index (κ2) is 3.69. The molecule has 1 aliphatic carbocycles. The molecule has 76 valence electrons. The van der Waals surface area contributed by atoms with Crippen molar-refractivity contribution in [3.63, 3.8) is 0 Å². The van der Waals surface area contributed by atoms with Gasteiger partial charge in [0.25, 0.3) is 0 Å². The van der Waals surface area contributed by atoms with E-state index in [1.165, 1.54) is 12.8 Å². The summed E-state index contributed by atoms with van der Waals surface area (Å²) in [5.74, 6) is 0.377. The Morgan fingerprint density at radius 1 is 1.38 bits per heavy atom. The summed E-state index contributed by atoms with van der Waals surface area (Å²) in [6.45, 7) is 6.66. The normalized spacial score (nSPS) is 29.2. The van der Waals surface area contributed by atoms with E-state index >= 15 is 0 Å². The molecule has 0 spiro atoms. The fourth-order valence-corrected chi connectivity index (χ4v) is 2.65. The van der Waals surface area contributed by atoms with Crippen LogP contribution in [0.25, 0.3) is 0 Å². The maximum atomic E-state index is 10.6. The van der Waals surface area contributed by atoms with Crippen LogP contribution in [0.2, 0.25) is 0 Å². The van der Waals surface area contributed by atoms with Gasteiger partial charge in [0.05, 0.1) is 0 Å². The third-order valence-electron chi connectivity index (χ3n) is 3.21. The van der Waals surface area contributed by atoms with E-state index in [9.17, 15) is 4.79 Å². The molecule has 0 aromatic carbocycles. The zero-order valence-electron chi connectivity index (χ0n) is 8.84. The van der Waals surface area contributed by atoms with Gasteiger partial charge in [-0.05, 0) is 30.1 Å². The predicted octanol–water partition coefficient (Wildman–Crippen LogP) is 2.92. The molecule has 0 aromatic heterocycles. The number of rotatable bonds is 2. The number of carboxylic acids is 1. The molecule has 13 heavy (non-hydrogen) atoms. The highest BCUT2D eigenvalue weighted by Crippen LogP contribution is 2.44. The van der Waals surface area contributed by atoms with Gasteiger partial charge in [0.1, 0.15) is 0 Å². The van der Waals surface area contributed by atoms with Crippen molar-refractivity contribution in [2.45, 2.75) is 46.5 Å². The molecule has 2 atom stereocenters. The van der Waals surface area contributed by atoms with Crippen LogP contribution in [0.3, 0.4) is 0 Å². The first kappa shape index (κ1) is 10.6. The van der Waals surface area contributed by atoms with Gasteiger partial charge in [0.2, 0.25) is 0 Å². The number of carboxylic acid groups (broad SMARTS) is 1. The van der Waals surface area contributed by atoms with E-state index in [1.807, 2.05) is 0 Å². The average Bonchev–Trinajstić information content (AvgIpc) is 2.31. The Morgan fingerprint density at radius 2 is 2.00 bits per heavy atom. The van der Waals surface area contributed by atoms with Crippen molar-refractivity contribution >= 4 is 5.97 Å².